The van der Waals surface area contributed by atoms with Gasteiger partial charge in [-0.25, -0.2) is 0 Å². The van der Waals surface area contributed by atoms with Gasteiger partial charge in [-0.3, -0.25) is 19.4 Å². The Hall–Kier alpha value is -2.21. The van der Waals surface area contributed by atoms with Gasteiger partial charge in [-0.05, 0) is 56.0 Å². The zero-order chi connectivity index (χ0) is 17.6. The molecule has 1 aliphatic rings. The van der Waals surface area contributed by atoms with Gasteiger partial charge in [0.2, 0.25) is 5.91 Å². The predicted octanol–water partition coefficient (Wildman–Crippen LogP) is 1.96. The maximum atomic E-state index is 12.5. The van der Waals surface area contributed by atoms with Crippen LogP contribution in [0.2, 0.25) is 0 Å². The highest BCUT2D eigenvalue weighted by Crippen LogP contribution is 2.19. The second-order valence-electron chi connectivity index (χ2n) is 7.09. The maximum absolute atomic E-state index is 12.5. The lowest BCUT2D eigenvalue weighted by Crippen LogP contribution is -2.43. The summed E-state index contributed by atoms with van der Waals surface area (Å²) in [6.45, 7) is 5.96. The van der Waals surface area contributed by atoms with Crippen LogP contribution in [-0.4, -0.2) is 57.2 Å². The fraction of sp³-hybridized carbons (Fsp3) is 0.526. The summed E-state index contributed by atoms with van der Waals surface area (Å²) in [5.41, 5.74) is 2.38. The summed E-state index contributed by atoms with van der Waals surface area (Å²) in [4.78, 5) is 20.6. The van der Waals surface area contributed by atoms with Crippen molar-refractivity contribution in [2.45, 2.75) is 32.9 Å². The number of likely N-dealkylation sites (tertiary alicyclic amines) is 1. The Bertz CT molecular complexity index is 676. The van der Waals surface area contributed by atoms with Crippen molar-refractivity contribution in [3.63, 3.8) is 0 Å². The summed E-state index contributed by atoms with van der Waals surface area (Å²) in [5, 5.41) is 4.37. The summed E-state index contributed by atoms with van der Waals surface area (Å²) < 4.78 is 2.03. The van der Waals surface area contributed by atoms with Crippen molar-refractivity contribution in [3.8, 4) is 0 Å². The topological polar surface area (TPSA) is 54.3 Å². The summed E-state index contributed by atoms with van der Waals surface area (Å²) in [6, 6.07) is 3.98. The molecule has 1 fully saturated rings. The molecule has 0 spiro atoms. The highest BCUT2D eigenvalue weighted by Gasteiger charge is 2.23. The van der Waals surface area contributed by atoms with Crippen LogP contribution in [0.15, 0.2) is 36.9 Å². The van der Waals surface area contributed by atoms with Crippen molar-refractivity contribution in [2.24, 2.45) is 5.92 Å². The number of hydrogen-bond donors (Lipinski definition) is 0. The molecular weight excluding hydrogens is 314 g/mol. The first-order chi connectivity index (χ1) is 12.1. The van der Waals surface area contributed by atoms with Gasteiger partial charge in [-0.15, -0.1) is 0 Å². The lowest BCUT2D eigenvalue weighted by molar-refractivity contribution is -0.133. The Labute approximate surface area is 149 Å². The SMILES string of the molecule is Cc1cnn(CC2CCN(C(=O)CN(C)Cc3ccncc3)CC2)c1. The Morgan fingerprint density at radius 3 is 2.64 bits per heavy atom. The minimum Gasteiger partial charge on any atom is -0.342 e. The van der Waals surface area contributed by atoms with Gasteiger partial charge in [-0.1, -0.05) is 0 Å². The molecule has 0 radical (unpaired) electrons. The molecule has 0 atom stereocenters. The largest absolute Gasteiger partial charge is 0.342 e. The van der Waals surface area contributed by atoms with Crippen LogP contribution >= 0.6 is 0 Å². The van der Waals surface area contributed by atoms with Crippen molar-refractivity contribution in [1.82, 2.24) is 24.6 Å². The third kappa shape index (κ3) is 5.13. The first-order valence-corrected chi connectivity index (χ1v) is 8.94. The zero-order valence-electron chi connectivity index (χ0n) is 15.1. The monoisotopic (exact) mass is 341 g/mol. The number of carbonyl (C=O) groups is 1. The quantitative estimate of drug-likeness (QED) is 0.806. The Morgan fingerprint density at radius 2 is 2.00 bits per heavy atom. The molecule has 3 heterocycles. The van der Waals surface area contributed by atoms with Crippen molar-refractivity contribution >= 4 is 5.91 Å². The second kappa shape index (κ2) is 8.25. The molecule has 2 aromatic rings. The van der Waals surface area contributed by atoms with E-state index in [0.29, 0.717) is 12.5 Å². The third-order valence-corrected chi connectivity index (χ3v) is 4.78. The van der Waals surface area contributed by atoms with E-state index in [0.717, 1.165) is 39.0 Å². The van der Waals surface area contributed by atoms with Crippen LogP contribution in [0.3, 0.4) is 0 Å². The fourth-order valence-corrected chi connectivity index (χ4v) is 3.38. The van der Waals surface area contributed by atoms with Gasteiger partial charge >= 0.3 is 0 Å². The number of rotatable bonds is 6. The van der Waals surface area contributed by atoms with Crippen LogP contribution in [0.4, 0.5) is 0 Å². The van der Waals surface area contributed by atoms with Crippen LogP contribution in [0.1, 0.15) is 24.0 Å². The summed E-state index contributed by atoms with van der Waals surface area (Å²) in [7, 11) is 1.99. The minimum atomic E-state index is 0.227. The van der Waals surface area contributed by atoms with Gasteiger partial charge < -0.3 is 4.90 Å². The lowest BCUT2D eigenvalue weighted by atomic mass is 9.97. The first kappa shape index (κ1) is 17.6. The van der Waals surface area contributed by atoms with Crippen LogP contribution in [0.25, 0.3) is 0 Å². The smallest absolute Gasteiger partial charge is 0.236 e. The molecule has 134 valence electrons. The molecule has 0 aliphatic carbocycles. The van der Waals surface area contributed by atoms with E-state index in [2.05, 4.69) is 28.1 Å². The van der Waals surface area contributed by atoms with E-state index in [9.17, 15) is 4.79 Å². The molecule has 1 amide bonds. The molecule has 0 N–H and O–H groups in total. The summed E-state index contributed by atoms with van der Waals surface area (Å²) in [5.74, 6) is 0.836. The van der Waals surface area contributed by atoms with E-state index in [-0.39, 0.29) is 5.91 Å². The number of pyridine rings is 1. The third-order valence-electron chi connectivity index (χ3n) is 4.78. The van der Waals surface area contributed by atoms with E-state index in [1.54, 1.807) is 12.4 Å². The number of likely N-dealkylation sites (N-methyl/N-ethyl adjacent to an activating group) is 1. The van der Waals surface area contributed by atoms with E-state index in [1.807, 2.05) is 35.0 Å². The summed E-state index contributed by atoms with van der Waals surface area (Å²) in [6.07, 6.45) is 9.67. The highest BCUT2D eigenvalue weighted by molar-refractivity contribution is 5.78. The minimum absolute atomic E-state index is 0.227. The molecule has 6 nitrogen and oxygen atoms in total. The molecule has 0 unspecified atom stereocenters. The lowest BCUT2D eigenvalue weighted by Gasteiger charge is -2.33. The summed E-state index contributed by atoms with van der Waals surface area (Å²) >= 11 is 0. The molecule has 0 saturated carbocycles. The van der Waals surface area contributed by atoms with Crippen LogP contribution in [0.5, 0.6) is 0 Å². The highest BCUT2D eigenvalue weighted by atomic mass is 16.2. The zero-order valence-corrected chi connectivity index (χ0v) is 15.1. The van der Waals surface area contributed by atoms with Crippen LogP contribution in [0, 0.1) is 12.8 Å². The Morgan fingerprint density at radius 1 is 1.28 bits per heavy atom. The fourth-order valence-electron chi connectivity index (χ4n) is 3.38. The van der Waals surface area contributed by atoms with E-state index >= 15 is 0 Å². The molecule has 25 heavy (non-hydrogen) atoms. The van der Waals surface area contributed by atoms with E-state index < -0.39 is 0 Å². The van der Waals surface area contributed by atoms with Gasteiger partial charge in [0.05, 0.1) is 12.7 Å². The molecule has 2 aromatic heterocycles. The Balaban J connectivity index is 1.42. The number of amides is 1. The van der Waals surface area contributed by atoms with Gasteiger partial charge in [0.15, 0.2) is 0 Å². The number of carbonyl (C=O) groups excluding carboxylic acids is 1. The molecular formula is C19H27N5O. The van der Waals surface area contributed by atoms with Gasteiger partial charge in [-0.2, -0.15) is 5.10 Å². The predicted molar refractivity (Wildman–Crippen MR) is 96.8 cm³/mol. The number of aromatic nitrogens is 3. The molecule has 6 heteroatoms. The van der Waals surface area contributed by atoms with Crippen LogP contribution in [-0.2, 0) is 17.9 Å². The molecule has 0 bridgehead atoms. The second-order valence-corrected chi connectivity index (χ2v) is 7.09. The number of piperidine rings is 1. The van der Waals surface area contributed by atoms with Gasteiger partial charge in [0, 0.05) is 44.8 Å². The average Bonchev–Trinajstić information content (AvgIpc) is 3.01. The standard InChI is InChI=1S/C19H27N5O/c1-16-11-21-24(12-16)14-18-5-9-23(10-6-18)19(25)15-22(2)13-17-3-7-20-8-4-17/h3-4,7-8,11-12,18H,5-6,9-10,13-15H2,1-2H3. The molecule has 1 saturated heterocycles. The van der Waals surface area contributed by atoms with E-state index in [4.69, 9.17) is 0 Å². The van der Waals surface area contributed by atoms with Crippen molar-refractivity contribution in [1.29, 1.82) is 0 Å². The van der Waals surface area contributed by atoms with Gasteiger partial charge in [0.25, 0.3) is 0 Å². The van der Waals surface area contributed by atoms with E-state index in [1.165, 1.54) is 11.1 Å². The molecule has 3 rings (SSSR count). The molecule has 0 aromatic carbocycles. The van der Waals surface area contributed by atoms with Crippen molar-refractivity contribution in [2.75, 3.05) is 26.7 Å². The number of aryl methyl sites for hydroxylation is 1. The molecule has 1 aliphatic heterocycles. The van der Waals surface area contributed by atoms with Crippen molar-refractivity contribution < 1.29 is 4.79 Å². The normalized spacial score (nSPS) is 15.7. The van der Waals surface area contributed by atoms with Crippen LogP contribution < -0.4 is 0 Å². The average molecular weight is 341 g/mol. The number of nitrogens with zero attached hydrogens (tertiary/aromatic N) is 5. The Kier molecular flexibility index (Phi) is 5.81. The maximum Gasteiger partial charge on any atom is 0.236 e. The van der Waals surface area contributed by atoms with Crippen molar-refractivity contribution in [3.05, 3.63) is 48.0 Å². The first-order valence-electron chi connectivity index (χ1n) is 8.94. The number of hydrogen-bond acceptors (Lipinski definition) is 4. The van der Waals surface area contributed by atoms with Gasteiger partial charge in [0.1, 0.15) is 0 Å².